The van der Waals surface area contributed by atoms with E-state index in [1.165, 1.54) is 0 Å². The zero-order valence-corrected chi connectivity index (χ0v) is 40.9. The van der Waals surface area contributed by atoms with Crippen LogP contribution in [0.3, 0.4) is 0 Å². The molecule has 0 saturated carbocycles. The number of fused-ring (bicyclic) bond motifs is 3. The second-order valence-electron chi connectivity index (χ2n) is 18.1. The summed E-state index contributed by atoms with van der Waals surface area (Å²) in [4.78, 5) is 28.1. The molecule has 0 aliphatic rings. The third-order valence-corrected chi connectivity index (χ3v) is 13.3. The SMILES string of the molecule is OB(O)c1ccc(-c2ccccn2)cc1.c1ccc(-c2nc(-c3ccccc3)nc(-c3ccc(-c4cccc5oc6c(-c7ccc(-c8ccccn8)cc7)cc(-c7ccc(-c8ccccn8)cc7)cc6c45)cc3)n2)cc1. The molecular formula is C66H45BN6O3. The molecule has 0 aliphatic carbocycles. The van der Waals surface area contributed by atoms with Crippen molar-refractivity contribution >= 4 is 34.5 Å². The van der Waals surface area contributed by atoms with Gasteiger partial charge in [0.05, 0.1) is 17.1 Å². The van der Waals surface area contributed by atoms with E-state index < -0.39 is 7.12 Å². The summed E-state index contributed by atoms with van der Waals surface area (Å²) < 4.78 is 6.84. The molecule has 9 nitrogen and oxygen atoms in total. The van der Waals surface area contributed by atoms with Crippen molar-refractivity contribution in [2.75, 3.05) is 0 Å². The zero-order chi connectivity index (χ0) is 51.2. The normalized spacial score (nSPS) is 11.0. The van der Waals surface area contributed by atoms with Crippen molar-refractivity contribution in [2.24, 2.45) is 0 Å². The Morgan fingerprint density at radius 1 is 0.316 bits per heavy atom. The number of aromatic nitrogens is 6. The number of hydrogen-bond acceptors (Lipinski definition) is 9. The lowest BCUT2D eigenvalue weighted by Gasteiger charge is -2.11. The third kappa shape index (κ3) is 9.92. The molecule has 76 heavy (non-hydrogen) atoms. The highest BCUT2D eigenvalue weighted by Gasteiger charge is 2.20. The minimum absolute atomic E-state index is 0.481. The van der Waals surface area contributed by atoms with Gasteiger partial charge in [-0.2, -0.15) is 0 Å². The molecule has 0 unspecified atom stereocenters. The molecule has 0 fully saturated rings. The molecule has 13 rings (SSSR count). The van der Waals surface area contributed by atoms with Crippen molar-refractivity contribution in [1.82, 2.24) is 29.9 Å². The van der Waals surface area contributed by atoms with Crippen LogP contribution in [0.4, 0.5) is 0 Å². The predicted octanol–water partition coefficient (Wildman–Crippen LogP) is 14.3. The van der Waals surface area contributed by atoms with Crippen molar-refractivity contribution in [2.45, 2.75) is 0 Å². The Morgan fingerprint density at radius 2 is 0.724 bits per heavy atom. The molecule has 2 N–H and O–H groups in total. The van der Waals surface area contributed by atoms with Crippen molar-refractivity contribution < 1.29 is 14.5 Å². The van der Waals surface area contributed by atoms with Crippen molar-refractivity contribution in [3.63, 3.8) is 0 Å². The number of pyridine rings is 3. The van der Waals surface area contributed by atoms with Crippen molar-refractivity contribution in [3.8, 4) is 101 Å². The lowest BCUT2D eigenvalue weighted by atomic mass is 9.80. The highest BCUT2D eigenvalue weighted by molar-refractivity contribution is 6.58. The summed E-state index contributed by atoms with van der Waals surface area (Å²) in [5, 5.41) is 20.0. The summed E-state index contributed by atoms with van der Waals surface area (Å²) in [5.74, 6) is 1.88. The quantitative estimate of drug-likeness (QED) is 0.129. The van der Waals surface area contributed by atoms with E-state index in [4.69, 9.17) is 29.4 Å². The fourth-order valence-corrected chi connectivity index (χ4v) is 9.37. The van der Waals surface area contributed by atoms with Crippen LogP contribution in [0.5, 0.6) is 0 Å². The number of furan rings is 1. The summed E-state index contributed by atoms with van der Waals surface area (Å²) in [6.07, 6.45) is 5.38. The second kappa shape index (κ2) is 21.2. The molecule has 0 saturated heterocycles. The van der Waals surface area contributed by atoms with Gasteiger partial charge in [0, 0.05) is 68.3 Å². The van der Waals surface area contributed by atoms with Crippen LogP contribution in [0, 0.1) is 0 Å². The standard InChI is InChI=1S/C55H35N5O.C11H10BNO2/c1-3-12-41(13-4-1)53-58-54(42-14-5-2-6-15-42)60-55(59-53)43-30-24-37(25-31-43)45-16-11-19-50-51(45)47-35-44(36-20-26-39(27-21-36)48-17-7-9-32-56-48)34-46(52(47)61-50)38-22-28-40(29-23-38)49-18-8-10-33-57-49;14-12(15)10-6-4-9(5-7-10)11-3-1-2-8-13-11/h1-35H;1-8,14-15H. The van der Waals surface area contributed by atoms with E-state index in [0.717, 1.165) is 106 Å². The van der Waals surface area contributed by atoms with E-state index in [1.54, 1.807) is 18.3 Å². The predicted molar refractivity (Wildman–Crippen MR) is 306 cm³/mol. The average Bonchev–Trinajstić information content (AvgIpc) is 3.89. The Bertz CT molecular complexity index is 4020. The smallest absolute Gasteiger partial charge is 0.455 e. The molecular weight excluding hydrogens is 936 g/mol. The fourth-order valence-electron chi connectivity index (χ4n) is 9.37. The topological polar surface area (TPSA) is 131 Å². The van der Waals surface area contributed by atoms with E-state index in [-0.39, 0.29) is 0 Å². The zero-order valence-electron chi connectivity index (χ0n) is 40.9. The highest BCUT2D eigenvalue weighted by Crippen LogP contribution is 2.44. The van der Waals surface area contributed by atoms with Crippen LogP contribution in [-0.4, -0.2) is 47.1 Å². The Balaban J connectivity index is 0.000000334. The number of benzene rings is 8. The lowest BCUT2D eigenvalue weighted by molar-refractivity contribution is 0.426. The van der Waals surface area contributed by atoms with E-state index in [9.17, 15) is 0 Å². The Hall–Kier alpha value is -10.00. The molecule has 360 valence electrons. The largest absolute Gasteiger partial charge is 0.488 e. The molecule has 0 bridgehead atoms. The minimum atomic E-state index is -1.41. The maximum atomic E-state index is 8.93. The van der Waals surface area contributed by atoms with Crippen LogP contribution in [0.2, 0.25) is 0 Å². The third-order valence-electron chi connectivity index (χ3n) is 13.3. The molecule has 13 aromatic rings. The summed E-state index contributed by atoms with van der Waals surface area (Å²) in [6, 6.07) is 81.2. The van der Waals surface area contributed by atoms with Gasteiger partial charge < -0.3 is 14.5 Å². The fraction of sp³-hybridized carbons (Fsp3) is 0. The van der Waals surface area contributed by atoms with Gasteiger partial charge in [-0.1, -0.05) is 188 Å². The summed E-state index contributed by atoms with van der Waals surface area (Å²) in [5.41, 5.74) is 17.2. The molecule has 0 amide bonds. The molecule has 0 spiro atoms. The number of hydrogen-bond donors (Lipinski definition) is 2. The van der Waals surface area contributed by atoms with Gasteiger partial charge in [0.15, 0.2) is 17.5 Å². The average molecular weight is 981 g/mol. The van der Waals surface area contributed by atoms with Gasteiger partial charge >= 0.3 is 7.12 Å². The van der Waals surface area contributed by atoms with Crippen molar-refractivity contribution in [3.05, 3.63) is 261 Å². The first kappa shape index (κ1) is 47.0. The van der Waals surface area contributed by atoms with Gasteiger partial charge in [-0.15, -0.1) is 0 Å². The van der Waals surface area contributed by atoms with Crippen LogP contribution in [-0.2, 0) is 0 Å². The molecule has 5 heterocycles. The summed E-state index contributed by atoms with van der Waals surface area (Å²) >= 11 is 0. The highest BCUT2D eigenvalue weighted by atomic mass is 16.4. The summed E-state index contributed by atoms with van der Waals surface area (Å²) in [7, 11) is -1.41. The van der Waals surface area contributed by atoms with Gasteiger partial charge in [-0.25, -0.2) is 15.0 Å². The first-order chi connectivity index (χ1) is 37.5. The van der Waals surface area contributed by atoms with Gasteiger partial charge in [-0.3, -0.25) is 15.0 Å². The molecule has 8 aromatic carbocycles. The van der Waals surface area contributed by atoms with Crippen LogP contribution < -0.4 is 5.46 Å². The van der Waals surface area contributed by atoms with Crippen molar-refractivity contribution in [1.29, 1.82) is 0 Å². The van der Waals surface area contributed by atoms with E-state index in [1.807, 2.05) is 140 Å². The minimum Gasteiger partial charge on any atom is -0.455 e. The van der Waals surface area contributed by atoms with E-state index in [0.29, 0.717) is 22.9 Å². The Labute approximate surface area is 439 Å². The van der Waals surface area contributed by atoms with E-state index in [2.05, 4.69) is 118 Å². The lowest BCUT2D eigenvalue weighted by Crippen LogP contribution is -2.29. The van der Waals surface area contributed by atoms with E-state index >= 15 is 0 Å². The molecule has 5 aromatic heterocycles. The van der Waals surface area contributed by atoms with Crippen LogP contribution >= 0.6 is 0 Å². The number of rotatable bonds is 10. The molecule has 0 aliphatic heterocycles. The van der Waals surface area contributed by atoms with Gasteiger partial charge in [0.2, 0.25) is 0 Å². The maximum Gasteiger partial charge on any atom is 0.488 e. The first-order valence-electron chi connectivity index (χ1n) is 24.9. The van der Waals surface area contributed by atoms with Crippen LogP contribution in [0.15, 0.2) is 266 Å². The maximum absolute atomic E-state index is 8.93. The van der Waals surface area contributed by atoms with Gasteiger partial charge in [0.25, 0.3) is 0 Å². The monoisotopic (exact) mass is 980 g/mol. The van der Waals surface area contributed by atoms with Gasteiger partial charge in [-0.05, 0) is 87.9 Å². The van der Waals surface area contributed by atoms with Crippen LogP contribution in [0.25, 0.3) is 123 Å². The molecule has 0 radical (unpaired) electrons. The second-order valence-corrected chi connectivity index (χ2v) is 18.1. The van der Waals surface area contributed by atoms with Gasteiger partial charge in [0.1, 0.15) is 11.2 Å². The molecule has 0 atom stereocenters. The summed E-state index contributed by atoms with van der Waals surface area (Å²) in [6.45, 7) is 0. The molecule has 10 heteroatoms. The Morgan fingerprint density at radius 3 is 1.18 bits per heavy atom. The first-order valence-corrected chi connectivity index (χ1v) is 24.9. The number of nitrogens with zero attached hydrogens (tertiary/aromatic N) is 6. The van der Waals surface area contributed by atoms with Crippen LogP contribution in [0.1, 0.15) is 0 Å². The Kier molecular flexibility index (Phi) is 13.1.